The van der Waals surface area contributed by atoms with Crippen LogP contribution in [0, 0.1) is 5.92 Å². The second-order valence-corrected chi connectivity index (χ2v) is 9.91. The van der Waals surface area contributed by atoms with E-state index in [1.807, 2.05) is 0 Å². The summed E-state index contributed by atoms with van der Waals surface area (Å²) in [5, 5.41) is 49.5. The van der Waals surface area contributed by atoms with Gasteiger partial charge in [-0.2, -0.15) is 0 Å². The van der Waals surface area contributed by atoms with E-state index < -0.39 is 109 Å². The van der Waals surface area contributed by atoms with Crippen molar-refractivity contribution in [2.45, 2.75) is 95.9 Å². The van der Waals surface area contributed by atoms with Gasteiger partial charge in [-0.05, 0) is 26.7 Å². The molecule has 18 heteroatoms. The molecule has 0 saturated carbocycles. The highest BCUT2D eigenvalue weighted by molar-refractivity contribution is 5.97. The van der Waals surface area contributed by atoms with Crippen LogP contribution in [0.2, 0.25) is 0 Å². The minimum absolute atomic E-state index is 0.387. The molecule has 0 heterocycles. The molecule has 0 radical (unpaired) electrons. The first-order chi connectivity index (χ1) is 19.4. The lowest BCUT2D eigenvalue weighted by Crippen LogP contribution is -2.61. The van der Waals surface area contributed by atoms with Gasteiger partial charge in [0.15, 0.2) is 6.04 Å². The van der Waals surface area contributed by atoms with Crippen LogP contribution >= 0.6 is 0 Å². The second-order valence-electron chi connectivity index (χ2n) is 9.91. The second kappa shape index (κ2) is 17.8. The fraction of sp³-hybridized carbons (Fsp3) is 0.708. The van der Waals surface area contributed by atoms with E-state index in [0.29, 0.717) is 6.42 Å². The molecule has 6 amide bonds. The Kier molecular flexibility index (Phi) is 16.2. The Morgan fingerprint density at radius 3 is 1.60 bits per heavy atom. The smallest absolute Gasteiger partial charge is 0.328 e. The average molecular weight is 606 g/mol. The fourth-order valence-electron chi connectivity index (χ4n) is 3.42. The molecule has 42 heavy (non-hydrogen) atoms. The van der Waals surface area contributed by atoms with Crippen molar-refractivity contribution in [2.24, 2.45) is 17.4 Å². The molecule has 0 aromatic heterocycles. The Morgan fingerprint density at radius 1 is 0.690 bits per heavy atom. The summed E-state index contributed by atoms with van der Waals surface area (Å²) in [5.41, 5.74) is 10.5. The van der Waals surface area contributed by atoms with Gasteiger partial charge in [0.2, 0.25) is 35.4 Å². The molecule has 0 aromatic carbocycles. The van der Waals surface area contributed by atoms with Gasteiger partial charge in [-0.1, -0.05) is 20.3 Å². The highest BCUT2D eigenvalue weighted by Gasteiger charge is 2.34. The third-order valence-corrected chi connectivity index (χ3v) is 6.23. The van der Waals surface area contributed by atoms with Crippen molar-refractivity contribution in [3.8, 4) is 0 Å². The number of aliphatic carboxylic acids is 1. The number of carboxylic acids is 1. The van der Waals surface area contributed by atoms with Gasteiger partial charge in [-0.15, -0.1) is 0 Å². The molecule has 0 aromatic rings. The number of nitrogens with one attached hydrogen (secondary N) is 5. The highest BCUT2D eigenvalue weighted by Crippen LogP contribution is 2.10. The first-order valence-corrected chi connectivity index (χ1v) is 13.1. The monoisotopic (exact) mass is 605 g/mol. The molecule has 18 nitrogen and oxygen atoms in total. The fourth-order valence-corrected chi connectivity index (χ4v) is 3.42. The summed E-state index contributed by atoms with van der Waals surface area (Å²) >= 11 is 0. The van der Waals surface area contributed by atoms with E-state index in [0.717, 1.165) is 6.92 Å². The van der Waals surface area contributed by atoms with Crippen LogP contribution in [0.25, 0.3) is 0 Å². The van der Waals surface area contributed by atoms with E-state index in [1.54, 1.807) is 13.8 Å². The first-order valence-electron chi connectivity index (χ1n) is 13.1. The summed E-state index contributed by atoms with van der Waals surface area (Å²) in [6.45, 7) is 5.93. The van der Waals surface area contributed by atoms with Gasteiger partial charge in [0, 0.05) is 0 Å². The van der Waals surface area contributed by atoms with E-state index >= 15 is 0 Å². The van der Waals surface area contributed by atoms with Gasteiger partial charge < -0.3 is 58.5 Å². The summed E-state index contributed by atoms with van der Waals surface area (Å²) in [5.74, 6) is -7.75. The lowest BCUT2D eigenvalue weighted by molar-refractivity contribution is -0.145. The Balaban J connectivity index is 5.47. The van der Waals surface area contributed by atoms with E-state index in [-0.39, 0.29) is 0 Å². The zero-order valence-electron chi connectivity index (χ0n) is 24.1. The van der Waals surface area contributed by atoms with Gasteiger partial charge in [0.1, 0.15) is 24.2 Å². The SMILES string of the molecule is CC[C@H](C)[C@H](NC(=O)[C@H](C)NC(=O)[C@H](CO)NC(=O)[C@@H](NC(=O)[C@@H](N)CC(N)=O)[C@@H](C)O)C(=O)N[C@H](C(=O)O)[C@@H](C)O. The number of hydrogen-bond donors (Lipinski definition) is 11. The lowest BCUT2D eigenvalue weighted by Gasteiger charge is -2.28. The summed E-state index contributed by atoms with van der Waals surface area (Å²) < 4.78 is 0. The molecule has 13 N–H and O–H groups in total. The van der Waals surface area contributed by atoms with E-state index in [2.05, 4.69) is 26.6 Å². The number of amides is 6. The van der Waals surface area contributed by atoms with Crippen LogP contribution in [0.5, 0.6) is 0 Å². The van der Waals surface area contributed by atoms with Crippen LogP contribution in [0.3, 0.4) is 0 Å². The number of carbonyl (C=O) groups is 7. The lowest BCUT2D eigenvalue weighted by atomic mass is 9.97. The third kappa shape index (κ3) is 12.3. The predicted molar refractivity (Wildman–Crippen MR) is 145 cm³/mol. The van der Waals surface area contributed by atoms with Crippen molar-refractivity contribution in [2.75, 3.05) is 6.61 Å². The van der Waals surface area contributed by atoms with Gasteiger partial charge >= 0.3 is 5.97 Å². The van der Waals surface area contributed by atoms with Crippen molar-refractivity contribution in [1.82, 2.24) is 26.6 Å². The molecule has 0 aliphatic heterocycles. The average Bonchev–Trinajstić information content (AvgIpc) is 2.89. The zero-order valence-corrected chi connectivity index (χ0v) is 24.1. The van der Waals surface area contributed by atoms with Crippen molar-refractivity contribution in [3.05, 3.63) is 0 Å². The zero-order chi connectivity index (χ0) is 32.9. The van der Waals surface area contributed by atoms with Gasteiger partial charge in [0.25, 0.3) is 0 Å². The number of carboxylic acid groups (broad SMARTS) is 1. The van der Waals surface area contributed by atoms with Crippen molar-refractivity contribution in [3.63, 3.8) is 0 Å². The Bertz CT molecular complexity index is 992. The molecule has 9 atom stereocenters. The molecule has 0 fully saturated rings. The van der Waals surface area contributed by atoms with E-state index in [1.165, 1.54) is 13.8 Å². The van der Waals surface area contributed by atoms with Crippen LogP contribution in [-0.4, -0.2) is 117 Å². The molecule has 0 spiro atoms. The molecule has 240 valence electrons. The minimum atomic E-state index is -1.65. The maximum absolute atomic E-state index is 12.8. The standard InChI is InChI=1S/C24H43N7O11/c1-6-9(2)16(22(39)31-18(12(5)34)24(41)42)29-19(36)10(3)27-21(38)14(8-32)28-23(40)17(11(4)33)30-20(37)13(25)7-15(26)35/h9-14,16-18,32-34H,6-8,25H2,1-5H3,(H2,26,35)(H,27,38)(H,28,40)(H,29,36)(H,30,37)(H,31,39)(H,41,42)/t9-,10-,11+,12+,13-,14-,16-,17-,18-/m0/s1. The number of hydrogen-bond acceptors (Lipinski definition) is 11. The van der Waals surface area contributed by atoms with Crippen LogP contribution in [0.1, 0.15) is 47.5 Å². The molecule has 0 aliphatic rings. The highest BCUT2D eigenvalue weighted by atomic mass is 16.4. The third-order valence-electron chi connectivity index (χ3n) is 6.23. The molecule has 0 rings (SSSR count). The largest absolute Gasteiger partial charge is 0.480 e. The van der Waals surface area contributed by atoms with Gasteiger partial charge in [-0.3, -0.25) is 28.8 Å². The summed E-state index contributed by atoms with van der Waals surface area (Å²) in [7, 11) is 0. The summed E-state index contributed by atoms with van der Waals surface area (Å²) in [6, 6.07) is -8.93. The maximum atomic E-state index is 12.8. The molecule has 0 unspecified atom stereocenters. The maximum Gasteiger partial charge on any atom is 0.328 e. The van der Waals surface area contributed by atoms with Gasteiger partial charge in [0.05, 0.1) is 31.3 Å². The molecule has 0 aliphatic carbocycles. The number of aliphatic hydroxyl groups is 3. The Labute approximate surface area is 242 Å². The van der Waals surface area contributed by atoms with Crippen LogP contribution in [-0.2, 0) is 33.6 Å². The van der Waals surface area contributed by atoms with Crippen molar-refractivity contribution >= 4 is 41.4 Å². The van der Waals surface area contributed by atoms with Crippen molar-refractivity contribution < 1.29 is 54.0 Å². The summed E-state index contributed by atoms with van der Waals surface area (Å²) in [4.78, 5) is 85.4. The Morgan fingerprint density at radius 2 is 1.17 bits per heavy atom. The topological polar surface area (TPSA) is 313 Å². The quantitative estimate of drug-likeness (QED) is 0.0697. The first kappa shape index (κ1) is 38.1. The molecule has 0 bridgehead atoms. The number of aliphatic hydroxyl groups excluding tert-OH is 3. The van der Waals surface area contributed by atoms with Gasteiger partial charge in [-0.25, -0.2) is 4.79 Å². The Hall–Kier alpha value is -3.87. The number of primary amides is 1. The van der Waals surface area contributed by atoms with Crippen LogP contribution in [0.4, 0.5) is 0 Å². The van der Waals surface area contributed by atoms with Crippen LogP contribution < -0.4 is 38.1 Å². The minimum Gasteiger partial charge on any atom is -0.480 e. The number of nitrogens with two attached hydrogens (primary N) is 2. The predicted octanol–water partition coefficient (Wildman–Crippen LogP) is -5.48. The normalized spacial score (nSPS) is 17.5. The van der Waals surface area contributed by atoms with Crippen molar-refractivity contribution in [1.29, 1.82) is 0 Å². The molecule has 0 saturated heterocycles. The van der Waals surface area contributed by atoms with E-state index in [4.69, 9.17) is 11.5 Å². The summed E-state index contributed by atoms with van der Waals surface area (Å²) in [6.07, 6.45) is -3.09. The number of rotatable bonds is 18. The van der Waals surface area contributed by atoms with Crippen LogP contribution in [0.15, 0.2) is 0 Å². The number of carbonyl (C=O) groups excluding carboxylic acids is 6. The molecular weight excluding hydrogens is 562 g/mol. The molecular formula is C24H43N7O11. The van der Waals surface area contributed by atoms with E-state index in [9.17, 15) is 54.0 Å².